The minimum absolute atomic E-state index is 0.236. The summed E-state index contributed by atoms with van der Waals surface area (Å²) in [5.74, 6) is 1.00. The van der Waals surface area contributed by atoms with E-state index in [4.69, 9.17) is 4.74 Å². The lowest BCUT2D eigenvalue weighted by Gasteiger charge is -2.10. The number of anilines is 1. The second-order valence-electron chi connectivity index (χ2n) is 5.17. The van der Waals surface area contributed by atoms with Gasteiger partial charge in [-0.1, -0.05) is 12.1 Å². The molecule has 0 saturated heterocycles. The lowest BCUT2D eigenvalue weighted by molar-refractivity contribution is -0.124. The van der Waals surface area contributed by atoms with Crippen LogP contribution in [0.4, 0.5) is 5.69 Å². The number of allylic oxidation sites excluding steroid dienone is 2. The number of hydrazone groups is 1. The highest BCUT2D eigenvalue weighted by molar-refractivity contribution is 6.26. The molecule has 0 unspecified atom stereocenters. The quantitative estimate of drug-likeness (QED) is 0.791. The average Bonchev–Trinajstić information content (AvgIpc) is 2.96. The fourth-order valence-corrected chi connectivity index (χ4v) is 2.36. The van der Waals surface area contributed by atoms with Crippen molar-refractivity contribution in [1.29, 1.82) is 0 Å². The maximum absolute atomic E-state index is 12.1. The molecule has 1 aromatic rings. The van der Waals surface area contributed by atoms with Gasteiger partial charge >= 0.3 is 0 Å². The number of carbonyl (C=O) groups excluding carboxylic acids is 2. The van der Waals surface area contributed by atoms with Crippen LogP contribution >= 0.6 is 0 Å². The van der Waals surface area contributed by atoms with E-state index in [1.807, 2.05) is 36.2 Å². The van der Waals surface area contributed by atoms with Gasteiger partial charge in [0.05, 0.1) is 11.3 Å². The van der Waals surface area contributed by atoms with E-state index in [0.29, 0.717) is 11.5 Å². The molecule has 0 saturated carbocycles. The zero-order chi connectivity index (χ0) is 16.6. The Morgan fingerprint density at radius 3 is 2.70 bits per heavy atom. The highest BCUT2D eigenvalue weighted by atomic mass is 16.5. The van der Waals surface area contributed by atoms with E-state index >= 15 is 0 Å². The van der Waals surface area contributed by atoms with Crippen molar-refractivity contribution in [2.45, 2.75) is 6.92 Å². The number of ether oxygens (including phenoxy) is 1. The Balaban J connectivity index is 1.89. The fourth-order valence-electron chi connectivity index (χ4n) is 2.36. The van der Waals surface area contributed by atoms with Gasteiger partial charge in [0.2, 0.25) is 5.91 Å². The summed E-state index contributed by atoms with van der Waals surface area (Å²) >= 11 is 0. The maximum Gasteiger partial charge on any atom is 0.277 e. The number of fused-ring (bicyclic) bond motifs is 1. The zero-order valence-corrected chi connectivity index (χ0v) is 13.0. The summed E-state index contributed by atoms with van der Waals surface area (Å²) in [6, 6.07) is 7.64. The normalized spacial score (nSPS) is 20.0. The van der Waals surface area contributed by atoms with Crippen LogP contribution in [0.3, 0.4) is 0 Å². The minimum Gasteiger partial charge on any atom is -0.439 e. The molecule has 0 radical (unpaired) electrons. The van der Waals surface area contributed by atoms with Gasteiger partial charge < -0.3 is 15.0 Å². The van der Waals surface area contributed by atoms with Crippen molar-refractivity contribution in [2.75, 3.05) is 19.0 Å². The third-order valence-corrected chi connectivity index (χ3v) is 3.49. The molecule has 23 heavy (non-hydrogen) atoms. The van der Waals surface area contributed by atoms with E-state index in [0.717, 1.165) is 11.4 Å². The second-order valence-corrected chi connectivity index (χ2v) is 5.17. The third-order valence-electron chi connectivity index (χ3n) is 3.49. The Bertz CT molecular complexity index is 779. The van der Waals surface area contributed by atoms with Crippen LogP contribution in [0, 0.1) is 0 Å². The van der Waals surface area contributed by atoms with Gasteiger partial charge in [-0.15, -0.1) is 0 Å². The summed E-state index contributed by atoms with van der Waals surface area (Å²) < 4.78 is 5.75. The number of para-hydroxylation sites is 2. The number of hydrogen-bond donors (Lipinski definition) is 1. The van der Waals surface area contributed by atoms with E-state index in [1.165, 1.54) is 19.0 Å². The Morgan fingerprint density at radius 2 is 2.00 bits per heavy atom. The SMILES string of the molecule is CC(=O)NC1=NN(C)C(=O)/C1=C/C=C1/Oc2ccccc2N1C. The van der Waals surface area contributed by atoms with Crippen LogP contribution in [0.1, 0.15) is 6.92 Å². The van der Waals surface area contributed by atoms with Crippen LogP contribution in [-0.4, -0.2) is 36.8 Å². The fraction of sp³-hybridized carbons (Fsp3) is 0.188. The van der Waals surface area contributed by atoms with Gasteiger partial charge in [-0.2, -0.15) is 5.10 Å². The van der Waals surface area contributed by atoms with Gasteiger partial charge in [0, 0.05) is 21.0 Å². The number of benzene rings is 1. The van der Waals surface area contributed by atoms with Gasteiger partial charge in [-0.25, -0.2) is 5.01 Å². The van der Waals surface area contributed by atoms with Crippen LogP contribution in [0.25, 0.3) is 0 Å². The first kappa shape index (κ1) is 14.8. The molecule has 0 bridgehead atoms. The van der Waals surface area contributed by atoms with E-state index in [2.05, 4.69) is 10.4 Å². The lowest BCUT2D eigenvalue weighted by atomic mass is 10.2. The maximum atomic E-state index is 12.1. The number of nitrogens with zero attached hydrogens (tertiary/aromatic N) is 3. The molecule has 1 aromatic carbocycles. The van der Waals surface area contributed by atoms with E-state index in [1.54, 1.807) is 12.2 Å². The molecule has 2 amide bonds. The highest BCUT2D eigenvalue weighted by Gasteiger charge is 2.28. The van der Waals surface area contributed by atoms with E-state index in [9.17, 15) is 9.59 Å². The molecular formula is C16H16N4O3. The van der Waals surface area contributed by atoms with Gasteiger partial charge in [-0.05, 0) is 24.3 Å². The van der Waals surface area contributed by atoms with Gasteiger partial charge in [0.15, 0.2) is 17.5 Å². The number of rotatable bonds is 1. The molecule has 0 fully saturated rings. The minimum atomic E-state index is -0.288. The molecule has 0 spiro atoms. The molecule has 7 heteroatoms. The van der Waals surface area contributed by atoms with Gasteiger partial charge in [0.25, 0.3) is 5.91 Å². The molecule has 2 heterocycles. The second kappa shape index (κ2) is 5.60. The van der Waals surface area contributed by atoms with Crippen molar-refractivity contribution in [3.8, 4) is 5.75 Å². The number of hydrogen-bond acceptors (Lipinski definition) is 5. The van der Waals surface area contributed by atoms with Gasteiger partial charge in [0.1, 0.15) is 0 Å². The molecule has 2 aliphatic heterocycles. The first-order valence-corrected chi connectivity index (χ1v) is 7.04. The van der Waals surface area contributed by atoms with Crippen LogP contribution in [0.2, 0.25) is 0 Å². The van der Waals surface area contributed by atoms with Crippen LogP contribution in [0.5, 0.6) is 5.75 Å². The Kier molecular flexibility index (Phi) is 3.61. The predicted molar refractivity (Wildman–Crippen MR) is 85.7 cm³/mol. The summed E-state index contributed by atoms with van der Waals surface area (Å²) in [5.41, 5.74) is 1.26. The zero-order valence-electron chi connectivity index (χ0n) is 13.0. The number of amides is 2. The molecule has 118 valence electrons. The van der Waals surface area contributed by atoms with Crippen molar-refractivity contribution in [3.05, 3.63) is 47.9 Å². The van der Waals surface area contributed by atoms with Crippen molar-refractivity contribution < 1.29 is 14.3 Å². The summed E-state index contributed by atoms with van der Waals surface area (Å²) in [7, 11) is 3.41. The van der Waals surface area contributed by atoms with Crippen molar-refractivity contribution in [1.82, 2.24) is 10.3 Å². The van der Waals surface area contributed by atoms with E-state index in [-0.39, 0.29) is 17.6 Å². The summed E-state index contributed by atoms with van der Waals surface area (Å²) in [5, 5.41) is 7.75. The summed E-state index contributed by atoms with van der Waals surface area (Å²) in [4.78, 5) is 25.2. The van der Waals surface area contributed by atoms with Crippen LogP contribution in [-0.2, 0) is 9.59 Å². The third kappa shape index (κ3) is 2.68. The lowest BCUT2D eigenvalue weighted by Crippen LogP contribution is -2.29. The first-order chi connectivity index (χ1) is 11.0. The largest absolute Gasteiger partial charge is 0.439 e. The molecule has 3 rings (SSSR count). The Hall–Kier alpha value is -3.09. The smallest absolute Gasteiger partial charge is 0.277 e. The number of amidine groups is 1. The van der Waals surface area contributed by atoms with Crippen LogP contribution in [0.15, 0.2) is 53.0 Å². The molecule has 0 aliphatic carbocycles. The molecule has 0 atom stereocenters. The number of likely N-dealkylation sites (N-methyl/N-ethyl adjacent to an activating group) is 1. The average molecular weight is 312 g/mol. The highest BCUT2D eigenvalue weighted by Crippen LogP contribution is 2.37. The van der Waals surface area contributed by atoms with Gasteiger partial charge in [-0.3, -0.25) is 9.59 Å². The Morgan fingerprint density at radius 1 is 1.26 bits per heavy atom. The first-order valence-electron chi connectivity index (χ1n) is 7.04. The molecular weight excluding hydrogens is 296 g/mol. The van der Waals surface area contributed by atoms with E-state index < -0.39 is 0 Å². The Labute approximate surface area is 133 Å². The number of nitrogens with one attached hydrogen (secondary N) is 1. The summed E-state index contributed by atoms with van der Waals surface area (Å²) in [6.45, 7) is 1.37. The topological polar surface area (TPSA) is 74.2 Å². The number of carbonyl (C=O) groups is 2. The molecule has 1 N–H and O–H groups in total. The van der Waals surface area contributed by atoms with Crippen molar-refractivity contribution >= 4 is 23.3 Å². The molecule has 0 aromatic heterocycles. The molecule has 7 nitrogen and oxygen atoms in total. The van der Waals surface area contributed by atoms with Crippen molar-refractivity contribution in [2.24, 2.45) is 5.10 Å². The predicted octanol–water partition coefficient (Wildman–Crippen LogP) is 1.20. The van der Waals surface area contributed by atoms with Crippen LogP contribution < -0.4 is 15.0 Å². The van der Waals surface area contributed by atoms with Crippen molar-refractivity contribution in [3.63, 3.8) is 0 Å². The summed E-state index contributed by atoms with van der Waals surface area (Å²) in [6.07, 6.45) is 3.28. The monoisotopic (exact) mass is 312 g/mol. The molecule has 2 aliphatic rings. The standard InChI is InChI=1S/C16H16N4O3/c1-10(21)17-15-11(16(22)20(3)18-15)8-9-14-19(2)12-6-4-5-7-13(12)23-14/h4-9H,1-3H3,(H,17,18,21)/b11-8+,14-9+.